The maximum absolute atomic E-state index is 12.8. The van der Waals surface area contributed by atoms with E-state index in [9.17, 15) is 4.79 Å². The fourth-order valence-corrected chi connectivity index (χ4v) is 5.39. The molecule has 0 radical (unpaired) electrons. The molecule has 0 aliphatic carbocycles. The second-order valence-corrected chi connectivity index (χ2v) is 8.47. The van der Waals surface area contributed by atoms with Crippen molar-refractivity contribution >= 4 is 27.3 Å². The standard InChI is InChI=1S/C19H24N2OS/c1-12-11-23-16-10-14(4-5-15(12)16)18(22)20-17-13-6-8-21(9-7-13)19(17,2)3/h4-5,10-11,13,17H,6-9H2,1-3H3,(H,20,22). The van der Waals surface area contributed by atoms with Gasteiger partial charge in [-0.2, -0.15) is 0 Å². The zero-order valence-corrected chi connectivity index (χ0v) is 14.9. The number of hydrogen-bond acceptors (Lipinski definition) is 3. The minimum atomic E-state index is 0.0560. The third-order valence-electron chi connectivity index (χ3n) is 5.91. The van der Waals surface area contributed by atoms with Crippen molar-refractivity contribution in [3.05, 3.63) is 34.7 Å². The number of benzene rings is 1. The van der Waals surface area contributed by atoms with Crippen molar-refractivity contribution in [3.8, 4) is 0 Å². The van der Waals surface area contributed by atoms with Crippen LogP contribution in [0.2, 0.25) is 0 Å². The van der Waals surface area contributed by atoms with E-state index in [0.29, 0.717) is 5.92 Å². The number of aryl methyl sites for hydroxylation is 1. The summed E-state index contributed by atoms with van der Waals surface area (Å²) < 4.78 is 1.20. The van der Waals surface area contributed by atoms with Gasteiger partial charge in [-0.25, -0.2) is 0 Å². The molecule has 5 rings (SSSR count). The van der Waals surface area contributed by atoms with Crippen LogP contribution in [0.5, 0.6) is 0 Å². The van der Waals surface area contributed by atoms with E-state index in [1.54, 1.807) is 11.3 Å². The molecule has 122 valence electrons. The van der Waals surface area contributed by atoms with E-state index in [1.165, 1.54) is 41.6 Å². The van der Waals surface area contributed by atoms with Crippen molar-refractivity contribution in [3.63, 3.8) is 0 Å². The number of nitrogens with zero attached hydrogens (tertiary/aromatic N) is 1. The summed E-state index contributed by atoms with van der Waals surface area (Å²) in [4.78, 5) is 15.3. The molecule has 0 spiro atoms. The van der Waals surface area contributed by atoms with Crippen LogP contribution in [0, 0.1) is 12.8 Å². The lowest BCUT2D eigenvalue weighted by atomic mass is 9.72. The highest BCUT2D eigenvalue weighted by atomic mass is 32.1. The molecule has 4 heteroatoms. The third kappa shape index (κ3) is 2.39. The minimum absolute atomic E-state index is 0.0560. The van der Waals surface area contributed by atoms with Gasteiger partial charge in [0.1, 0.15) is 0 Å². The zero-order valence-electron chi connectivity index (χ0n) is 14.1. The van der Waals surface area contributed by atoms with Gasteiger partial charge in [0.15, 0.2) is 0 Å². The fraction of sp³-hybridized carbons (Fsp3) is 0.526. The lowest BCUT2D eigenvalue weighted by Gasteiger charge is -2.56. The molecule has 3 aliphatic heterocycles. The molecular formula is C19H24N2OS. The van der Waals surface area contributed by atoms with E-state index >= 15 is 0 Å². The highest BCUT2D eigenvalue weighted by Gasteiger charge is 2.48. The summed E-state index contributed by atoms with van der Waals surface area (Å²) >= 11 is 1.72. The van der Waals surface area contributed by atoms with E-state index in [1.807, 2.05) is 12.1 Å². The lowest BCUT2D eigenvalue weighted by molar-refractivity contribution is -0.0378. The molecule has 1 aromatic carbocycles. The molecule has 1 N–H and O–H groups in total. The monoisotopic (exact) mass is 328 g/mol. The van der Waals surface area contributed by atoms with Crippen LogP contribution in [0.4, 0.5) is 0 Å². The number of carbonyl (C=O) groups is 1. The van der Waals surface area contributed by atoms with Crippen LogP contribution >= 0.6 is 11.3 Å². The molecule has 2 bridgehead atoms. The number of nitrogens with one attached hydrogen (secondary N) is 1. The maximum Gasteiger partial charge on any atom is 0.251 e. The smallest absolute Gasteiger partial charge is 0.251 e. The second kappa shape index (κ2) is 5.32. The summed E-state index contributed by atoms with van der Waals surface area (Å²) in [7, 11) is 0. The molecule has 1 amide bonds. The first-order valence-electron chi connectivity index (χ1n) is 8.50. The summed E-state index contributed by atoms with van der Waals surface area (Å²) in [5.74, 6) is 0.691. The van der Waals surface area contributed by atoms with E-state index in [0.717, 1.165) is 5.56 Å². The maximum atomic E-state index is 12.8. The molecule has 2 aromatic rings. The summed E-state index contributed by atoms with van der Waals surface area (Å²) in [6.45, 7) is 9.01. The number of hydrogen-bond donors (Lipinski definition) is 1. The highest BCUT2D eigenvalue weighted by molar-refractivity contribution is 7.17. The van der Waals surface area contributed by atoms with Crippen LogP contribution in [0.15, 0.2) is 23.6 Å². The van der Waals surface area contributed by atoms with Gasteiger partial charge in [-0.05, 0) is 81.1 Å². The Kier molecular flexibility index (Phi) is 3.50. The molecule has 0 saturated carbocycles. The van der Waals surface area contributed by atoms with Gasteiger partial charge in [0.25, 0.3) is 5.91 Å². The molecule has 1 unspecified atom stereocenters. The number of carbonyl (C=O) groups excluding carboxylic acids is 1. The van der Waals surface area contributed by atoms with E-state index in [2.05, 4.69) is 42.4 Å². The van der Waals surface area contributed by atoms with Gasteiger partial charge < -0.3 is 5.32 Å². The van der Waals surface area contributed by atoms with Gasteiger partial charge in [0, 0.05) is 21.8 Å². The van der Waals surface area contributed by atoms with Gasteiger partial charge in [-0.1, -0.05) is 6.07 Å². The van der Waals surface area contributed by atoms with Crippen molar-refractivity contribution < 1.29 is 4.79 Å². The van der Waals surface area contributed by atoms with Gasteiger partial charge in [0.05, 0.1) is 0 Å². The molecule has 23 heavy (non-hydrogen) atoms. The molecule has 3 saturated heterocycles. The Hall–Kier alpha value is -1.39. The number of thiophene rings is 1. The summed E-state index contributed by atoms with van der Waals surface area (Å²) in [6, 6.07) is 6.33. The molecule has 3 nitrogen and oxygen atoms in total. The largest absolute Gasteiger partial charge is 0.347 e. The first-order chi connectivity index (χ1) is 11.0. The Bertz CT molecular complexity index is 756. The van der Waals surface area contributed by atoms with Crippen LogP contribution in [0.1, 0.15) is 42.6 Å². The Morgan fingerprint density at radius 2 is 2.04 bits per heavy atom. The molecule has 4 heterocycles. The van der Waals surface area contributed by atoms with Crippen molar-refractivity contribution in [1.29, 1.82) is 0 Å². The van der Waals surface area contributed by atoms with Crippen molar-refractivity contribution in [2.24, 2.45) is 5.92 Å². The summed E-state index contributed by atoms with van der Waals surface area (Å²) in [6.07, 6.45) is 2.41. The van der Waals surface area contributed by atoms with Crippen LogP contribution in [-0.2, 0) is 0 Å². The van der Waals surface area contributed by atoms with E-state index in [-0.39, 0.29) is 17.5 Å². The van der Waals surface area contributed by atoms with Gasteiger partial charge in [-0.15, -0.1) is 11.3 Å². The number of amides is 1. The van der Waals surface area contributed by atoms with Crippen LogP contribution in [-0.4, -0.2) is 35.5 Å². The minimum Gasteiger partial charge on any atom is -0.347 e. The highest BCUT2D eigenvalue weighted by Crippen LogP contribution is 2.39. The number of fused-ring (bicyclic) bond motifs is 4. The van der Waals surface area contributed by atoms with Crippen molar-refractivity contribution in [2.75, 3.05) is 13.1 Å². The zero-order chi connectivity index (χ0) is 16.2. The van der Waals surface area contributed by atoms with Crippen LogP contribution in [0.25, 0.3) is 10.1 Å². The Labute approximate surface area is 141 Å². The van der Waals surface area contributed by atoms with Crippen molar-refractivity contribution in [1.82, 2.24) is 10.2 Å². The lowest BCUT2D eigenvalue weighted by Crippen LogP contribution is -2.69. The molecule has 3 aliphatic rings. The SMILES string of the molecule is Cc1csc2cc(C(=O)NC3C4CCN(CC4)C3(C)C)ccc12. The Balaban J connectivity index is 1.59. The predicted molar refractivity (Wildman–Crippen MR) is 96.2 cm³/mol. The van der Waals surface area contributed by atoms with E-state index < -0.39 is 0 Å². The van der Waals surface area contributed by atoms with Crippen molar-refractivity contribution in [2.45, 2.75) is 45.2 Å². The number of piperidine rings is 3. The summed E-state index contributed by atoms with van der Waals surface area (Å²) in [5, 5.41) is 6.77. The Morgan fingerprint density at radius 1 is 1.30 bits per heavy atom. The first kappa shape index (κ1) is 15.2. The number of rotatable bonds is 2. The normalized spacial score (nSPS) is 28.9. The molecular weight excluding hydrogens is 304 g/mol. The molecule has 3 fully saturated rings. The summed E-state index contributed by atoms with van der Waals surface area (Å²) in [5.41, 5.74) is 2.13. The van der Waals surface area contributed by atoms with Gasteiger partial charge in [-0.3, -0.25) is 9.69 Å². The van der Waals surface area contributed by atoms with E-state index in [4.69, 9.17) is 0 Å². The average Bonchev–Trinajstić information content (AvgIpc) is 2.92. The first-order valence-corrected chi connectivity index (χ1v) is 9.38. The van der Waals surface area contributed by atoms with Gasteiger partial charge in [0.2, 0.25) is 0 Å². The Morgan fingerprint density at radius 3 is 2.74 bits per heavy atom. The quantitative estimate of drug-likeness (QED) is 0.909. The molecule has 1 atom stereocenters. The third-order valence-corrected chi connectivity index (χ3v) is 6.97. The average molecular weight is 328 g/mol. The fourth-order valence-electron chi connectivity index (χ4n) is 4.40. The molecule has 1 aromatic heterocycles. The van der Waals surface area contributed by atoms with Crippen LogP contribution in [0.3, 0.4) is 0 Å². The second-order valence-electron chi connectivity index (χ2n) is 7.56. The topological polar surface area (TPSA) is 32.3 Å². The van der Waals surface area contributed by atoms with Gasteiger partial charge >= 0.3 is 0 Å². The predicted octanol–water partition coefficient (Wildman–Crippen LogP) is 3.81. The van der Waals surface area contributed by atoms with Crippen LogP contribution < -0.4 is 5.32 Å².